The van der Waals surface area contributed by atoms with Crippen molar-refractivity contribution >= 4 is 85.7 Å². The fourth-order valence-electron chi connectivity index (χ4n) is 5.42. The molecule has 0 unspecified atom stereocenters. The molecule has 0 aliphatic rings. The Labute approximate surface area is 288 Å². The van der Waals surface area contributed by atoms with E-state index in [0.717, 1.165) is 0 Å². The van der Waals surface area contributed by atoms with Crippen LogP contribution in [0.25, 0.3) is 21.8 Å². The number of nitrogens with one attached hydrogen (secondary N) is 4. The van der Waals surface area contributed by atoms with Crippen molar-refractivity contribution in [1.82, 2.24) is 29.1 Å². The molecule has 2 aromatic carbocycles. The molecule has 11 nitrogen and oxygen atoms in total. The minimum absolute atomic E-state index is 0.136. The van der Waals surface area contributed by atoms with Crippen LogP contribution in [0.2, 0.25) is 10.0 Å². The van der Waals surface area contributed by atoms with E-state index in [2.05, 4.69) is 41.2 Å². The Balaban J connectivity index is 1.32. The monoisotopic (exact) mass is 736 g/mol. The second kappa shape index (κ2) is 12.5. The van der Waals surface area contributed by atoms with Crippen LogP contribution in [0.1, 0.15) is 27.0 Å². The van der Waals surface area contributed by atoms with E-state index in [-0.39, 0.29) is 39.1 Å². The van der Waals surface area contributed by atoms with E-state index in [1.165, 1.54) is 14.1 Å². The summed E-state index contributed by atoms with van der Waals surface area (Å²) in [5.74, 6) is -1.48. The van der Waals surface area contributed by atoms with Gasteiger partial charge in [-0.2, -0.15) is 36.3 Å². The van der Waals surface area contributed by atoms with E-state index in [9.17, 15) is 31.1 Å². The van der Waals surface area contributed by atoms with Crippen LogP contribution in [0.4, 0.5) is 61.2 Å². The molecule has 260 valence electrons. The van der Waals surface area contributed by atoms with Crippen molar-refractivity contribution in [3.63, 3.8) is 0 Å². The van der Waals surface area contributed by atoms with Crippen LogP contribution in [-0.2, 0) is 26.4 Å². The third-order valence-corrected chi connectivity index (χ3v) is 8.43. The van der Waals surface area contributed by atoms with Crippen molar-refractivity contribution in [2.24, 2.45) is 14.1 Å². The van der Waals surface area contributed by atoms with Gasteiger partial charge >= 0.3 is 12.4 Å². The topological polar surface area (TPSA) is 127 Å². The molecule has 0 fully saturated rings. The van der Waals surface area contributed by atoms with Gasteiger partial charge in [0, 0.05) is 74.9 Å². The average molecular weight is 737 g/mol. The minimum atomic E-state index is -4.66. The molecular weight excluding hydrogens is 713 g/mol. The lowest BCUT2D eigenvalue weighted by molar-refractivity contribution is -0.138. The summed E-state index contributed by atoms with van der Waals surface area (Å²) >= 11 is 13.2. The number of ketones is 1. The standard InChI is InChI=1S/C31H24Cl2F6N10O/c1-40-26-17(30(34,35)36)9-42-28(46-26)44-21-7-23-13(5-19(21)32)15(11-48(23)3)25(50)16-12-49(4)24-8-22(20(33)6-14(16)24)45-29-43-10-18(31(37,38)39)27(41-2)47-29/h5-12H,1-4H3,(H2,40,42,44,46)(H2,41,43,45,47). The summed E-state index contributed by atoms with van der Waals surface area (Å²) in [6.45, 7) is 0. The maximum Gasteiger partial charge on any atom is 0.421 e. The minimum Gasteiger partial charge on any atom is -0.372 e. The molecule has 0 saturated heterocycles. The molecule has 0 radical (unpaired) electrons. The van der Waals surface area contributed by atoms with Crippen LogP contribution in [0.15, 0.2) is 49.1 Å². The number of benzene rings is 2. The molecular formula is C31H24Cl2F6N10O. The van der Waals surface area contributed by atoms with Crippen molar-refractivity contribution in [3.05, 3.63) is 81.4 Å². The van der Waals surface area contributed by atoms with Gasteiger partial charge in [0.25, 0.3) is 0 Å². The molecule has 0 aliphatic carbocycles. The van der Waals surface area contributed by atoms with Crippen molar-refractivity contribution in [2.75, 3.05) is 35.4 Å². The number of fused-ring (bicyclic) bond motifs is 2. The number of aromatic nitrogens is 6. The molecule has 50 heavy (non-hydrogen) atoms. The quantitative estimate of drug-likeness (QED) is 0.0900. The van der Waals surface area contributed by atoms with E-state index < -0.39 is 35.1 Å². The summed E-state index contributed by atoms with van der Waals surface area (Å²) in [5.41, 5.74) is 0.276. The highest BCUT2D eigenvalue weighted by Crippen LogP contribution is 2.39. The smallest absolute Gasteiger partial charge is 0.372 e. The van der Waals surface area contributed by atoms with Gasteiger partial charge in [0.05, 0.1) is 32.5 Å². The molecule has 6 rings (SSSR count). The molecule has 0 atom stereocenters. The number of carbonyl (C=O) groups excluding carboxylic acids is 1. The first kappa shape index (κ1) is 34.6. The van der Waals surface area contributed by atoms with Gasteiger partial charge in [-0.3, -0.25) is 4.79 Å². The van der Waals surface area contributed by atoms with Crippen molar-refractivity contribution < 1.29 is 31.1 Å². The van der Waals surface area contributed by atoms with Crippen LogP contribution < -0.4 is 21.3 Å². The van der Waals surface area contributed by atoms with Gasteiger partial charge in [0.1, 0.15) is 22.8 Å². The fourth-order valence-corrected chi connectivity index (χ4v) is 5.85. The normalized spacial score (nSPS) is 12.1. The largest absolute Gasteiger partial charge is 0.421 e. The lowest BCUT2D eigenvalue weighted by Gasteiger charge is -2.13. The van der Waals surface area contributed by atoms with Gasteiger partial charge in [-0.15, -0.1) is 0 Å². The van der Waals surface area contributed by atoms with Gasteiger partial charge in [-0.25, -0.2) is 9.97 Å². The molecule has 0 saturated carbocycles. The molecule has 6 aromatic rings. The Morgan fingerprint density at radius 1 is 0.680 bits per heavy atom. The summed E-state index contributed by atoms with van der Waals surface area (Å²) in [7, 11) is 6.04. The Hall–Kier alpha value is -5.29. The molecule has 0 aliphatic heterocycles. The van der Waals surface area contributed by atoms with Gasteiger partial charge < -0.3 is 30.4 Å². The molecule has 0 amide bonds. The predicted octanol–water partition coefficient (Wildman–Crippen LogP) is 8.40. The number of hydrogen-bond donors (Lipinski definition) is 4. The third-order valence-electron chi connectivity index (χ3n) is 7.80. The third kappa shape index (κ3) is 6.29. The van der Waals surface area contributed by atoms with E-state index in [1.54, 1.807) is 59.9 Å². The maximum absolute atomic E-state index is 14.1. The first-order valence-electron chi connectivity index (χ1n) is 14.4. The lowest BCUT2D eigenvalue weighted by Crippen LogP contribution is -2.12. The summed E-state index contributed by atoms with van der Waals surface area (Å²) in [4.78, 5) is 29.5. The first-order valence-corrected chi connectivity index (χ1v) is 15.2. The maximum atomic E-state index is 14.1. The van der Waals surface area contributed by atoms with Crippen molar-refractivity contribution in [1.29, 1.82) is 0 Å². The Bertz CT molecular complexity index is 2160. The first-order chi connectivity index (χ1) is 23.5. The molecule has 19 heteroatoms. The van der Waals surface area contributed by atoms with Gasteiger partial charge in [-0.1, -0.05) is 23.2 Å². The highest BCUT2D eigenvalue weighted by Gasteiger charge is 2.36. The second-order valence-corrected chi connectivity index (χ2v) is 11.8. The fraction of sp³-hybridized carbons (Fsp3) is 0.194. The number of rotatable bonds is 8. The molecule has 4 N–H and O–H groups in total. The Morgan fingerprint density at radius 2 is 1.06 bits per heavy atom. The highest BCUT2D eigenvalue weighted by molar-refractivity contribution is 6.35. The molecule has 0 bridgehead atoms. The Kier molecular flexibility index (Phi) is 8.68. The number of aryl methyl sites for hydroxylation is 2. The van der Waals surface area contributed by atoms with Crippen molar-refractivity contribution in [2.45, 2.75) is 12.4 Å². The molecule has 0 spiro atoms. The van der Waals surface area contributed by atoms with Crippen LogP contribution in [0.3, 0.4) is 0 Å². The van der Waals surface area contributed by atoms with E-state index >= 15 is 0 Å². The highest BCUT2D eigenvalue weighted by atomic mass is 35.5. The Morgan fingerprint density at radius 3 is 1.40 bits per heavy atom. The number of alkyl halides is 6. The van der Waals surface area contributed by atoms with Crippen LogP contribution in [0.5, 0.6) is 0 Å². The summed E-state index contributed by atoms with van der Waals surface area (Å²) < 4.78 is 83.2. The zero-order chi connectivity index (χ0) is 36.3. The van der Waals surface area contributed by atoms with Crippen LogP contribution in [0, 0.1) is 0 Å². The number of nitrogens with zero attached hydrogens (tertiary/aromatic N) is 6. The zero-order valence-corrected chi connectivity index (χ0v) is 27.7. The zero-order valence-electron chi connectivity index (χ0n) is 26.2. The molecule has 4 heterocycles. The van der Waals surface area contributed by atoms with Crippen LogP contribution in [-0.4, -0.2) is 48.9 Å². The second-order valence-electron chi connectivity index (χ2n) is 11.0. The summed E-state index contributed by atoms with van der Waals surface area (Å²) in [6, 6.07) is 6.35. The van der Waals surface area contributed by atoms with E-state index in [0.29, 0.717) is 45.3 Å². The van der Waals surface area contributed by atoms with Gasteiger partial charge in [0.2, 0.25) is 11.9 Å². The summed E-state index contributed by atoms with van der Waals surface area (Å²) in [6.07, 6.45) is -4.75. The van der Waals surface area contributed by atoms with Gasteiger partial charge in [0.15, 0.2) is 5.78 Å². The number of carbonyl (C=O) groups is 1. The average Bonchev–Trinajstić information content (AvgIpc) is 3.54. The lowest BCUT2D eigenvalue weighted by atomic mass is 10.0. The number of hydrogen-bond acceptors (Lipinski definition) is 9. The molecule has 4 aromatic heterocycles. The van der Waals surface area contributed by atoms with E-state index in [1.807, 2.05) is 0 Å². The van der Waals surface area contributed by atoms with Crippen LogP contribution >= 0.6 is 23.2 Å². The van der Waals surface area contributed by atoms with Crippen molar-refractivity contribution in [3.8, 4) is 0 Å². The predicted molar refractivity (Wildman–Crippen MR) is 179 cm³/mol. The summed E-state index contributed by atoms with van der Waals surface area (Å²) in [5, 5.41) is 11.8. The van der Waals surface area contributed by atoms with Gasteiger partial charge in [-0.05, 0) is 24.3 Å². The number of halogens is 8. The van der Waals surface area contributed by atoms with E-state index in [4.69, 9.17) is 23.2 Å². The SMILES string of the molecule is CNc1nc(Nc2cc3c(cc2Cl)c(C(=O)c2cn(C)c4cc(Nc5ncc(C(F)(F)F)c(NC)n5)c(Cl)cc24)cn3C)ncc1C(F)(F)F. The number of anilines is 6.